The number of hydrogen-bond donors (Lipinski definition) is 1. The molecule has 1 N–H and O–H groups in total. The molecule has 0 aliphatic rings. The molecule has 0 unspecified atom stereocenters. The van der Waals surface area contributed by atoms with Crippen molar-refractivity contribution in [2.75, 3.05) is 11.9 Å². The molecular formula is C15H10ClF3N4O3. The molecule has 0 saturated heterocycles. The molecule has 11 heteroatoms. The maximum atomic E-state index is 13.0. The van der Waals surface area contributed by atoms with E-state index < -0.39 is 24.4 Å². The van der Waals surface area contributed by atoms with Gasteiger partial charge in [-0.15, -0.1) is 0 Å². The Hall–Kier alpha value is -3.01. The van der Waals surface area contributed by atoms with Gasteiger partial charge in [0.2, 0.25) is 5.88 Å². The average Bonchev–Trinajstić information content (AvgIpc) is 3.22. The van der Waals surface area contributed by atoms with Gasteiger partial charge in [-0.25, -0.2) is 0 Å². The molecule has 7 nitrogen and oxygen atoms in total. The molecule has 2 aromatic heterocycles. The molecule has 0 saturated carbocycles. The van der Waals surface area contributed by atoms with E-state index in [9.17, 15) is 18.0 Å². The number of aromatic nitrogens is 3. The van der Waals surface area contributed by atoms with E-state index >= 15 is 0 Å². The first kappa shape index (κ1) is 17.8. The summed E-state index contributed by atoms with van der Waals surface area (Å²) in [6, 6.07) is 8.24. The lowest BCUT2D eigenvalue weighted by molar-refractivity contribution is -0.141. The van der Waals surface area contributed by atoms with Crippen LogP contribution in [-0.4, -0.2) is 27.5 Å². The largest absolute Gasteiger partial charge is 0.467 e. The fraction of sp³-hybridized carbons (Fsp3) is 0.133. The Bertz CT molecular complexity index is 909. The van der Waals surface area contributed by atoms with E-state index in [1.807, 2.05) is 0 Å². The van der Waals surface area contributed by atoms with Crippen molar-refractivity contribution in [1.82, 2.24) is 14.9 Å². The summed E-state index contributed by atoms with van der Waals surface area (Å²) in [4.78, 5) is 11.8. The first-order valence-electron chi connectivity index (χ1n) is 7.10. The van der Waals surface area contributed by atoms with E-state index in [2.05, 4.69) is 20.1 Å². The number of amides is 1. The van der Waals surface area contributed by atoms with Crippen LogP contribution in [0.15, 0.2) is 47.2 Å². The summed E-state index contributed by atoms with van der Waals surface area (Å²) < 4.78 is 49.6. The highest BCUT2D eigenvalue weighted by atomic mass is 35.5. The fourth-order valence-electron chi connectivity index (χ4n) is 2.00. The van der Waals surface area contributed by atoms with E-state index in [0.717, 1.165) is 4.68 Å². The molecular weight excluding hydrogens is 377 g/mol. The van der Waals surface area contributed by atoms with Crippen LogP contribution in [0.4, 0.5) is 19.0 Å². The predicted molar refractivity (Wildman–Crippen MR) is 84.2 cm³/mol. The number of halogens is 4. The van der Waals surface area contributed by atoms with Gasteiger partial charge in [0.05, 0.1) is 10.7 Å². The maximum absolute atomic E-state index is 13.0. The van der Waals surface area contributed by atoms with Crippen LogP contribution in [0.5, 0.6) is 5.88 Å². The van der Waals surface area contributed by atoms with Crippen molar-refractivity contribution >= 4 is 23.3 Å². The van der Waals surface area contributed by atoms with Gasteiger partial charge in [0, 0.05) is 12.1 Å². The Morgan fingerprint density at radius 1 is 1.31 bits per heavy atom. The van der Waals surface area contributed by atoms with E-state index in [-0.39, 0.29) is 22.4 Å². The third-order valence-corrected chi connectivity index (χ3v) is 3.42. The number of nitrogens with one attached hydrogen (secondary N) is 1. The standard InChI is InChI=1S/C15H10ClF3N4O3/c16-9-3-1-2-4-10(9)23-14(7-11(21-23)15(17,18)19)25-8-13(24)20-12-5-6-26-22-12/h1-7H,8H2,(H,20,22,24). The molecule has 0 radical (unpaired) electrons. The Kier molecular flexibility index (Phi) is 4.85. The number of hydrogen-bond acceptors (Lipinski definition) is 5. The molecule has 2 heterocycles. The highest BCUT2D eigenvalue weighted by Crippen LogP contribution is 2.33. The van der Waals surface area contributed by atoms with Crippen molar-refractivity contribution < 1.29 is 27.2 Å². The van der Waals surface area contributed by atoms with Crippen LogP contribution in [-0.2, 0) is 11.0 Å². The first-order chi connectivity index (χ1) is 12.3. The molecule has 1 amide bonds. The zero-order valence-electron chi connectivity index (χ0n) is 12.8. The lowest BCUT2D eigenvalue weighted by atomic mass is 10.3. The summed E-state index contributed by atoms with van der Waals surface area (Å²) in [6.45, 7) is -0.569. The number of nitrogens with zero attached hydrogens (tertiary/aromatic N) is 3. The fourth-order valence-corrected chi connectivity index (χ4v) is 2.21. The topological polar surface area (TPSA) is 82.2 Å². The summed E-state index contributed by atoms with van der Waals surface area (Å²) in [5, 5.41) is 9.49. The smallest absolute Gasteiger partial charge is 0.435 e. The molecule has 1 aromatic carbocycles. The number of alkyl halides is 3. The minimum Gasteiger partial charge on any atom is -0.467 e. The molecule has 0 aliphatic carbocycles. The molecule has 0 atom stereocenters. The van der Waals surface area contributed by atoms with Crippen LogP contribution in [0.2, 0.25) is 5.02 Å². The van der Waals surface area contributed by atoms with Crippen molar-refractivity contribution in [1.29, 1.82) is 0 Å². The van der Waals surface area contributed by atoms with Crippen LogP contribution in [0.3, 0.4) is 0 Å². The van der Waals surface area contributed by atoms with Crippen LogP contribution in [0, 0.1) is 0 Å². The van der Waals surface area contributed by atoms with Gasteiger partial charge in [0.1, 0.15) is 6.26 Å². The van der Waals surface area contributed by atoms with Gasteiger partial charge in [-0.3, -0.25) is 4.79 Å². The number of rotatable bonds is 5. The second-order valence-corrected chi connectivity index (χ2v) is 5.36. The van der Waals surface area contributed by atoms with Gasteiger partial charge in [0.15, 0.2) is 18.1 Å². The normalized spacial score (nSPS) is 11.4. The zero-order valence-corrected chi connectivity index (χ0v) is 13.6. The monoisotopic (exact) mass is 386 g/mol. The third-order valence-electron chi connectivity index (χ3n) is 3.10. The van der Waals surface area contributed by atoms with Crippen LogP contribution >= 0.6 is 11.6 Å². The molecule has 0 aliphatic heterocycles. The average molecular weight is 387 g/mol. The first-order valence-corrected chi connectivity index (χ1v) is 7.47. The SMILES string of the molecule is O=C(COc1cc(C(F)(F)F)nn1-c1ccccc1Cl)Nc1ccon1. The molecule has 0 bridgehead atoms. The second-order valence-electron chi connectivity index (χ2n) is 4.95. The quantitative estimate of drug-likeness (QED) is 0.725. The van der Waals surface area contributed by atoms with Crippen molar-refractivity contribution in [2.45, 2.75) is 6.18 Å². The van der Waals surface area contributed by atoms with Crippen molar-refractivity contribution in [3.63, 3.8) is 0 Å². The molecule has 26 heavy (non-hydrogen) atoms. The van der Waals surface area contributed by atoms with E-state index in [1.54, 1.807) is 12.1 Å². The van der Waals surface area contributed by atoms with Crippen molar-refractivity contribution in [3.05, 3.63) is 53.4 Å². The lowest BCUT2D eigenvalue weighted by Gasteiger charge is -2.10. The Labute approximate surface area is 149 Å². The van der Waals surface area contributed by atoms with Gasteiger partial charge < -0.3 is 14.6 Å². The second kappa shape index (κ2) is 7.08. The van der Waals surface area contributed by atoms with E-state index in [4.69, 9.17) is 16.3 Å². The molecule has 136 valence electrons. The van der Waals surface area contributed by atoms with Gasteiger partial charge in [-0.2, -0.15) is 23.0 Å². The molecule has 3 aromatic rings. The highest BCUT2D eigenvalue weighted by Gasteiger charge is 2.36. The van der Waals surface area contributed by atoms with Gasteiger partial charge >= 0.3 is 6.18 Å². The highest BCUT2D eigenvalue weighted by molar-refractivity contribution is 6.32. The number of para-hydroxylation sites is 1. The van der Waals surface area contributed by atoms with Gasteiger partial charge in [-0.05, 0) is 12.1 Å². The molecule has 3 rings (SSSR count). The Balaban J connectivity index is 1.84. The Morgan fingerprint density at radius 3 is 2.73 bits per heavy atom. The summed E-state index contributed by atoms with van der Waals surface area (Å²) in [5.74, 6) is -0.783. The number of carbonyl (C=O) groups excluding carboxylic acids is 1. The summed E-state index contributed by atoms with van der Waals surface area (Å²) in [5.41, 5.74) is -0.999. The van der Waals surface area contributed by atoms with E-state index in [0.29, 0.717) is 6.07 Å². The minimum absolute atomic E-state index is 0.147. The third kappa shape index (κ3) is 3.97. The van der Waals surface area contributed by atoms with Crippen LogP contribution in [0.25, 0.3) is 5.69 Å². The van der Waals surface area contributed by atoms with E-state index in [1.165, 1.54) is 24.5 Å². The summed E-state index contributed by atoms with van der Waals surface area (Å²) in [6.07, 6.45) is -3.44. The summed E-state index contributed by atoms with van der Waals surface area (Å²) in [7, 11) is 0. The number of benzene rings is 1. The zero-order chi connectivity index (χ0) is 18.7. The van der Waals surface area contributed by atoms with Crippen molar-refractivity contribution in [3.8, 4) is 11.6 Å². The predicted octanol–water partition coefficient (Wildman–Crippen LogP) is 3.55. The maximum Gasteiger partial charge on any atom is 0.435 e. The van der Waals surface area contributed by atoms with Crippen LogP contribution in [0.1, 0.15) is 5.69 Å². The minimum atomic E-state index is -4.69. The van der Waals surface area contributed by atoms with Crippen LogP contribution < -0.4 is 10.1 Å². The summed E-state index contributed by atoms with van der Waals surface area (Å²) >= 11 is 6.02. The van der Waals surface area contributed by atoms with Gasteiger partial charge in [0.25, 0.3) is 5.91 Å². The Morgan fingerprint density at radius 2 is 2.08 bits per heavy atom. The lowest BCUT2D eigenvalue weighted by Crippen LogP contribution is -2.21. The number of anilines is 1. The number of carbonyl (C=O) groups is 1. The molecule has 0 fully saturated rings. The van der Waals surface area contributed by atoms with Gasteiger partial charge in [-0.1, -0.05) is 28.9 Å². The number of ether oxygens (including phenoxy) is 1. The van der Waals surface area contributed by atoms with Crippen molar-refractivity contribution in [2.24, 2.45) is 0 Å². The molecule has 0 spiro atoms.